The van der Waals surface area contributed by atoms with Crippen LogP contribution in [0.15, 0.2) is 93.8 Å². The summed E-state index contributed by atoms with van der Waals surface area (Å²) in [6.45, 7) is 4.18. The first-order valence-electron chi connectivity index (χ1n) is 11.8. The Morgan fingerprint density at radius 1 is 0.735 bits per heavy atom. The predicted molar refractivity (Wildman–Crippen MR) is 127 cm³/mol. The maximum atomic E-state index is 14.1. The fourth-order valence-corrected chi connectivity index (χ4v) is 13.4. The van der Waals surface area contributed by atoms with Crippen LogP contribution in [0.2, 0.25) is 0 Å². The summed E-state index contributed by atoms with van der Waals surface area (Å²) in [5.41, 5.74) is 1.33. The molecule has 2 aromatic rings. The maximum absolute atomic E-state index is 14.1. The molecule has 0 unspecified atom stereocenters. The Kier molecular flexibility index (Phi) is 3.91. The van der Waals surface area contributed by atoms with Crippen LogP contribution >= 0.6 is 0 Å². The van der Waals surface area contributed by atoms with E-state index in [1.54, 1.807) is 60.7 Å². The van der Waals surface area contributed by atoms with Gasteiger partial charge in [-0.25, -0.2) is 16.8 Å². The second-order valence-corrected chi connectivity index (χ2v) is 14.8. The second kappa shape index (κ2) is 6.31. The lowest BCUT2D eigenvalue weighted by Crippen LogP contribution is -2.54. The van der Waals surface area contributed by atoms with Crippen LogP contribution in [0.3, 0.4) is 0 Å². The molecule has 2 aromatic carbocycles. The third-order valence-corrected chi connectivity index (χ3v) is 13.9. The SMILES string of the molecule is CC(C)=C1[C@H]2C=C[C@H]1[C@]13O[C@@]21[C@H]1C[C@H]3[C@@H](S(=O)(=O)c2ccccc2)[C@@H]1S(=O)(=O)c1ccccc1. The lowest BCUT2D eigenvalue weighted by Gasteiger charge is -2.36. The number of rotatable bonds is 4. The normalized spacial score (nSPS) is 40.9. The van der Waals surface area contributed by atoms with Gasteiger partial charge in [0.25, 0.3) is 0 Å². The van der Waals surface area contributed by atoms with Crippen LogP contribution in [0.1, 0.15) is 20.3 Å². The molecule has 34 heavy (non-hydrogen) atoms. The molecule has 4 fully saturated rings. The highest BCUT2D eigenvalue weighted by atomic mass is 32.2. The smallest absolute Gasteiger partial charge is 0.182 e. The van der Waals surface area contributed by atoms with E-state index in [0.717, 1.165) is 0 Å². The summed E-state index contributed by atoms with van der Waals surface area (Å²) in [6, 6.07) is 16.6. The Morgan fingerprint density at radius 2 is 1.15 bits per heavy atom. The zero-order valence-corrected chi connectivity index (χ0v) is 20.6. The van der Waals surface area contributed by atoms with E-state index >= 15 is 0 Å². The Morgan fingerprint density at radius 3 is 1.53 bits per heavy atom. The van der Waals surface area contributed by atoms with Gasteiger partial charge in [-0.3, -0.25) is 0 Å². The van der Waals surface area contributed by atoms with Gasteiger partial charge < -0.3 is 4.74 Å². The topological polar surface area (TPSA) is 80.8 Å². The number of hydrogen-bond donors (Lipinski definition) is 0. The zero-order valence-electron chi connectivity index (χ0n) is 19.0. The first kappa shape index (κ1) is 21.1. The van der Waals surface area contributed by atoms with Gasteiger partial charge in [0.2, 0.25) is 0 Å². The van der Waals surface area contributed by atoms with E-state index < -0.39 is 41.4 Å². The van der Waals surface area contributed by atoms with Crippen molar-refractivity contribution in [1.82, 2.24) is 0 Å². The molecule has 0 aromatic heterocycles. The molecule has 7 rings (SSSR count). The molecule has 0 spiro atoms. The van der Waals surface area contributed by atoms with Crippen molar-refractivity contribution in [2.45, 2.75) is 51.8 Å². The number of hydrogen-bond acceptors (Lipinski definition) is 5. The lowest BCUT2D eigenvalue weighted by molar-refractivity contribution is 0.121. The highest BCUT2D eigenvalue weighted by Crippen LogP contribution is 2.85. The van der Waals surface area contributed by atoms with Crippen molar-refractivity contribution in [2.24, 2.45) is 23.7 Å². The lowest BCUT2D eigenvalue weighted by atomic mass is 9.73. The average Bonchev–Trinajstić information content (AvgIpc) is 3.15. The highest BCUT2D eigenvalue weighted by molar-refractivity contribution is 7.96. The van der Waals surface area contributed by atoms with Crippen LogP contribution in [0.5, 0.6) is 0 Å². The molecule has 1 aliphatic heterocycles. The van der Waals surface area contributed by atoms with Gasteiger partial charge in [-0.15, -0.1) is 0 Å². The summed E-state index contributed by atoms with van der Waals surface area (Å²) in [4.78, 5) is 0.370. The summed E-state index contributed by atoms with van der Waals surface area (Å²) < 4.78 is 63.1. The number of sulfone groups is 2. The predicted octanol–water partition coefficient (Wildman–Crippen LogP) is 3.98. The standard InChI is InChI=1S/C27H26O5S2/c1-16(2)23-19-13-14-20(23)27-22-15-21(26(19,27)32-27)24(33(28,29)17-9-5-3-6-10-17)25(22)34(30,31)18-11-7-4-8-12-18/h3-14,19-22,24-25H,15H2,1-2H3/t19-,20-,21+,22+,24-,25-,26-,27-/m1/s1. The summed E-state index contributed by atoms with van der Waals surface area (Å²) in [6.07, 6.45) is 4.91. The van der Waals surface area contributed by atoms with E-state index in [1.807, 2.05) is 0 Å². The van der Waals surface area contributed by atoms with Crippen LogP contribution < -0.4 is 0 Å². The largest absolute Gasteiger partial charge is 0.360 e. The Balaban J connectivity index is 1.46. The fraction of sp³-hybridized carbons (Fsp3) is 0.407. The fourth-order valence-electron chi connectivity index (χ4n) is 8.21. The van der Waals surface area contributed by atoms with Crippen LogP contribution in [0.4, 0.5) is 0 Å². The molecule has 0 N–H and O–H groups in total. The maximum Gasteiger partial charge on any atom is 0.182 e. The van der Waals surface area contributed by atoms with Crippen molar-refractivity contribution in [1.29, 1.82) is 0 Å². The molecule has 5 aliphatic rings. The van der Waals surface area contributed by atoms with E-state index in [-0.39, 0.29) is 33.5 Å². The van der Waals surface area contributed by atoms with Crippen molar-refractivity contribution in [3.63, 3.8) is 0 Å². The van der Waals surface area contributed by atoms with Gasteiger partial charge in [0.05, 0.1) is 20.3 Å². The first-order valence-corrected chi connectivity index (χ1v) is 14.9. The number of ether oxygens (including phenoxy) is 1. The number of allylic oxidation sites excluding steroid dienone is 1. The monoisotopic (exact) mass is 494 g/mol. The van der Waals surface area contributed by atoms with Crippen LogP contribution in [0.25, 0.3) is 0 Å². The van der Waals surface area contributed by atoms with Crippen LogP contribution in [0, 0.1) is 23.7 Å². The molecular weight excluding hydrogens is 468 g/mol. The third kappa shape index (κ3) is 2.12. The molecular formula is C27H26O5S2. The number of fused-ring (bicyclic) bond motifs is 4. The average molecular weight is 495 g/mol. The minimum absolute atomic E-state index is 0.0337. The quantitative estimate of drug-likeness (QED) is 0.474. The summed E-state index contributed by atoms with van der Waals surface area (Å²) in [5, 5.41) is -2.07. The molecule has 3 saturated carbocycles. The van der Waals surface area contributed by atoms with E-state index in [4.69, 9.17) is 4.74 Å². The molecule has 8 atom stereocenters. The Bertz CT molecular complexity index is 1380. The Hall–Kier alpha value is -2.22. The van der Waals surface area contributed by atoms with E-state index in [9.17, 15) is 16.8 Å². The van der Waals surface area contributed by atoms with Gasteiger partial charge in [0, 0.05) is 23.7 Å². The van der Waals surface area contributed by atoms with Gasteiger partial charge in [-0.1, -0.05) is 59.7 Å². The minimum atomic E-state index is -3.92. The summed E-state index contributed by atoms with van der Waals surface area (Å²) >= 11 is 0. The summed E-state index contributed by atoms with van der Waals surface area (Å²) in [5.74, 6) is -0.654. The molecule has 7 heteroatoms. The van der Waals surface area contributed by atoms with Gasteiger partial charge in [-0.2, -0.15) is 0 Å². The minimum Gasteiger partial charge on any atom is -0.360 e. The van der Waals surface area contributed by atoms with Crippen LogP contribution in [-0.2, 0) is 24.4 Å². The van der Waals surface area contributed by atoms with Gasteiger partial charge in [0.1, 0.15) is 11.2 Å². The van der Waals surface area contributed by atoms with Gasteiger partial charge >= 0.3 is 0 Å². The Labute approximate surface area is 200 Å². The van der Waals surface area contributed by atoms with E-state index in [2.05, 4.69) is 26.0 Å². The zero-order chi connectivity index (χ0) is 23.7. The molecule has 5 nitrogen and oxygen atoms in total. The van der Waals surface area contributed by atoms with Crippen molar-refractivity contribution < 1.29 is 21.6 Å². The molecule has 176 valence electrons. The number of epoxide rings is 1. The van der Waals surface area contributed by atoms with E-state index in [0.29, 0.717) is 6.42 Å². The summed E-state index contributed by atoms with van der Waals surface area (Å²) in [7, 11) is -7.83. The van der Waals surface area contributed by atoms with Crippen LogP contribution in [-0.4, -0.2) is 38.5 Å². The highest BCUT2D eigenvalue weighted by Gasteiger charge is 2.95. The van der Waals surface area contributed by atoms with Gasteiger partial charge in [-0.05, 0) is 44.5 Å². The van der Waals surface area contributed by atoms with Crippen molar-refractivity contribution >= 4 is 19.7 Å². The molecule has 4 aliphatic carbocycles. The van der Waals surface area contributed by atoms with Crippen molar-refractivity contribution in [2.75, 3.05) is 0 Å². The van der Waals surface area contributed by atoms with Crippen molar-refractivity contribution in [3.8, 4) is 0 Å². The second-order valence-electron chi connectivity index (χ2n) is 10.6. The molecule has 4 bridgehead atoms. The number of benzene rings is 2. The molecule has 0 radical (unpaired) electrons. The first-order chi connectivity index (χ1) is 16.2. The molecule has 0 amide bonds. The van der Waals surface area contributed by atoms with Crippen molar-refractivity contribution in [3.05, 3.63) is 84.0 Å². The molecule has 1 heterocycles. The third-order valence-electron chi connectivity index (χ3n) is 9.16. The van der Waals surface area contributed by atoms with E-state index in [1.165, 1.54) is 11.1 Å². The van der Waals surface area contributed by atoms with Gasteiger partial charge in [0.15, 0.2) is 19.7 Å². The molecule has 1 saturated heterocycles.